The van der Waals surface area contributed by atoms with Gasteiger partial charge in [-0.3, -0.25) is 9.59 Å². The molecule has 35 heavy (non-hydrogen) atoms. The van der Waals surface area contributed by atoms with Gasteiger partial charge >= 0.3 is 5.97 Å². The standard InChI is InChI=1S/C26H31Cl2N3O4/c1-2-3-4-5-6-7-8-9-24(32)29-18-25(33)31-30-17-19-10-13-21(14-11-19)35-26(34)22-15-12-20(27)16-23(22)28/h10-17H,2-9,18H2,1H3,(H,29,32)(H,31,33). The van der Waals surface area contributed by atoms with Crippen molar-refractivity contribution in [3.8, 4) is 5.75 Å². The number of carbonyl (C=O) groups excluding carboxylic acids is 3. The highest BCUT2D eigenvalue weighted by atomic mass is 35.5. The van der Waals surface area contributed by atoms with Gasteiger partial charge in [-0.05, 0) is 54.4 Å². The molecule has 0 saturated heterocycles. The number of hydrogen-bond donors (Lipinski definition) is 2. The maximum Gasteiger partial charge on any atom is 0.345 e. The van der Waals surface area contributed by atoms with Crippen LogP contribution >= 0.6 is 23.2 Å². The predicted molar refractivity (Wildman–Crippen MR) is 139 cm³/mol. The fourth-order valence-electron chi connectivity index (χ4n) is 3.17. The number of nitrogens with one attached hydrogen (secondary N) is 2. The molecule has 2 N–H and O–H groups in total. The predicted octanol–water partition coefficient (Wildman–Crippen LogP) is 5.92. The highest BCUT2D eigenvalue weighted by Crippen LogP contribution is 2.23. The van der Waals surface area contributed by atoms with E-state index in [2.05, 4.69) is 22.8 Å². The van der Waals surface area contributed by atoms with Gasteiger partial charge in [-0.2, -0.15) is 5.10 Å². The van der Waals surface area contributed by atoms with E-state index in [-0.39, 0.29) is 23.0 Å². The quantitative estimate of drug-likeness (QED) is 0.106. The summed E-state index contributed by atoms with van der Waals surface area (Å²) in [7, 11) is 0. The summed E-state index contributed by atoms with van der Waals surface area (Å²) < 4.78 is 5.31. The molecular weight excluding hydrogens is 489 g/mol. The molecule has 0 aromatic heterocycles. The van der Waals surface area contributed by atoms with Crippen molar-refractivity contribution in [1.82, 2.24) is 10.7 Å². The van der Waals surface area contributed by atoms with E-state index in [0.717, 1.165) is 19.3 Å². The average Bonchev–Trinajstić information content (AvgIpc) is 2.83. The van der Waals surface area contributed by atoms with Crippen LogP contribution in [-0.2, 0) is 9.59 Å². The van der Waals surface area contributed by atoms with E-state index >= 15 is 0 Å². The Bertz CT molecular complexity index is 1010. The van der Waals surface area contributed by atoms with E-state index in [1.165, 1.54) is 44.0 Å². The summed E-state index contributed by atoms with van der Waals surface area (Å²) in [6, 6.07) is 11.0. The number of ether oxygens (including phenoxy) is 1. The molecule has 2 rings (SSSR count). The Morgan fingerprint density at radius 2 is 1.60 bits per heavy atom. The van der Waals surface area contributed by atoms with Gasteiger partial charge in [-0.25, -0.2) is 10.2 Å². The number of rotatable bonds is 14. The van der Waals surface area contributed by atoms with Crippen LogP contribution in [0.3, 0.4) is 0 Å². The Kier molecular flexibility index (Phi) is 12.9. The second kappa shape index (κ2) is 15.9. The fourth-order valence-corrected chi connectivity index (χ4v) is 3.65. The first-order valence-electron chi connectivity index (χ1n) is 11.7. The topological polar surface area (TPSA) is 96.9 Å². The van der Waals surface area contributed by atoms with Crippen molar-refractivity contribution in [3.05, 3.63) is 63.6 Å². The number of unbranched alkanes of at least 4 members (excludes halogenated alkanes) is 6. The molecule has 2 amide bonds. The minimum atomic E-state index is -0.602. The normalized spacial score (nSPS) is 10.8. The third-order valence-electron chi connectivity index (χ3n) is 5.10. The Hall–Kier alpha value is -2.90. The van der Waals surface area contributed by atoms with Crippen molar-refractivity contribution < 1.29 is 19.1 Å². The molecule has 0 aliphatic carbocycles. The lowest BCUT2D eigenvalue weighted by molar-refractivity contribution is -0.126. The maximum atomic E-state index is 12.3. The minimum absolute atomic E-state index is 0.130. The van der Waals surface area contributed by atoms with Crippen LogP contribution in [0.2, 0.25) is 10.0 Å². The van der Waals surface area contributed by atoms with E-state index in [1.807, 2.05) is 0 Å². The Balaban J connectivity index is 1.66. The summed E-state index contributed by atoms with van der Waals surface area (Å²) in [6.07, 6.45) is 9.81. The second-order valence-corrected chi connectivity index (χ2v) is 8.87. The van der Waals surface area contributed by atoms with E-state index in [1.54, 1.807) is 30.3 Å². The third-order valence-corrected chi connectivity index (χ3v) is 5.65. The molecule has 2 aromatic carbocycles. The van der Waals surface area contributed by atoms with Gasteiger partial charge in [-0.1, -0.05) is 68.7 Å². The molecule has 0 bridgehead atoms. The highest BCUT2D eigenvalue weighted by Gasteiger charge is 2.13. The molecule has 0 unspecified atom stereocenters. The van der Waals surface area contributed by atoms with Crippen LogP contribution in [-0.4, -0.2) is 30.5 Å². The maximum absolute atomic E-state index is 12.3. The van der Waals surface area contributed by atoms with E-state index in [4.69, 9.17) is 27.9 Å². The van der Waals surface area contributed by atoms with Gasteiger partial charge in [0.15, 0.2) is 0 Å². The smallest absolute Gasteiger partial charge is 0.345 e. The van der Waals surface area contributed by atoms with E-state index in [9.17, 15) is 14.4 Å². The summed E-state index contributed by atoms with van der Waals surface area (Å²) in [4.78, 5) is 35.9. The van der Waals surface area contributed by atoms with Gasteiger partial charge in [0.25, 0.3) is 5.91 Å². The van der Waals surface area contributed by atoms with Gasteiger partial charge in [0.1, 0.15) is 5.75 Å². The number of carbonyl (C=O) groups is 3. The average molecular weight is 520 g/mol. The molecule has 188 valence electrons. The minimum Gasteiger partial charge on any atom is -0.423 e. The fraction of sp³-hybridized carbons (Fsp3) is 0.385. The molecule has 7 nitrogen and oxygen atoms in total. The van der Waals surface area contributed by atoms with Crippen LogP contribution < -0.4 is 15.5 Å². The van der Waals surface area contributed by atoms with Gasteiger partial charge in [0.05, 0.1) is 23.3 Å². The molecule has 9 heteroatoms. The molecule has 0 atom stereocenters. The number of esters is 1. The van der Waals surface area contributed by atoms with Crippen molar-refractivity contribution >= 4 is 47.2 Å². The molecule has 0 aliphatic heterocycles. The summed E-state index contributed by atoms with van der Waals surface area (Å²) in [5.41, 5.74) is 3.25. The molecule has 0 spiro atoms. The van der Waals surface area contributed by atoms with Crippen molar-refractivity contribution in [3.63, 3.8) is 0 Å². The van der Waals surface area contributed by atoms with Crippen molar-refractivity contribution in [1.29, 1.82) is 0 Å². The molecule has 0 fully saturated rings. The van der Waals surface area contributed by atoms with Crippen LogP contribution in [0.25, 0.3) is 0 Å². The molecule has 0 heterocycles. The first-order valence-corrected chi connectivity index (χ1v) is 12.5. The van der Waals surface area contributed by atoms with Crippen molar-refractivity contribution in [2.24, 2.45) is 5.10 Å². The zero-order valence-electron chi connectivity index (χ0n) is 19.8. The summed E-state index contributed by atoms with van der Waals surface area (Å²) in [5, 5.41) is 7.10. The third kappa shape index (κ3) is 11.4. The molecule has 0 aliphatic rings. The molecule has 2 aromatic rings. The monoisotopic (exact) mass is 519 g/mol. The first-order chi connectivity index (χ1) is 16.9. The van der Waals surface area contributed by atoms with Gasteiger partial charge < -0.3 is 10.1 Å². The Labute approximate surface area is 216 Å². The lowest BCUT2D eigenvalue weighted by Crippen LogP contribution is -2.34. The van der Waals surface area contributed by atoms with Gasteiger partial charge in [0.2, 0.25) is 5.91 Å². The van der Waals surface area contributed by atoms with Gasteiger partial charge in [0, 0.05) is 11.4 Å². The number of benzene rings is 2. The van der Waals surface area contributed by atoms with Crippen LogP contribution in [0.5, 0.6) is 5.75 Å². The first kappa shape index (κ1) is 28.3. The largest absolute Gasteiger partial charge is 0.423 e. The number of hydrogen-bond acceptors (Lipinski definition) is 5. The number of nitrogens with zero attached hydrogens (tertiary/aromatic N) is 1. The van der Waals surface area contributed by atoms with Crippen molar-refractivity contribution in [2.75, 3.05) is 6.54 Å². The summed E-state index contributed by atoms with van der Waals surface area (Å²) >= 11 is 11.9. The Morgan fingerprint density at radius 3 is 2.29 bits per heavy atom. The van der Waals surface area contributed by atoms with Crippen LogP contribution in [0.15, 0.2) is 47.6 Å². The molecule has 0 saturated carbocycles. The number of halogens is 2. The van der Waals surface area contributed by atoms with Crippen LogP contribution in [0.4, 0.5) is 0 Å². The second-order valence-electron chi connectivity index (χ2n) is 8.02. The number of hydrazone groups is 1. The van der Waals surface area contributed by atoms with Crippen LogP contribution in [0.1, 0.15) is 74.2 Å². The van der Waals surface area contributed by atoms with Crippen LogP contribution in [0, 0.1) is 0 Å². The van der Waals surface area contributed by atoms with E-state index < -0.39 is 11.9 Å². The summed E-state index contributed by atoms with van der Waals surface area (Å²) in [5.74, 6) is -0.831. The highest BCUT2D eigenvalue weighted by molar-refractivity contribution is 6.36. The lowest BCUT2D eigenvalue weighted by Gasteiger charge is -2.06. The number of amides is 2. The zero-order valence-corrected chi connectivity index (χ0v) is 21.3. The zero-order chi connectivity index (χ0) is 25.5. The SMILES string of the molecule is CCCCCCCCCC(=O)NCC(=O)NN=Cc1ccc(OC(=O)c2ccc(Cl)cc2Cl)cc1. The summed E-state index contributed by atoms with van der Waals surface area (Å²) in [6.45, 7) is 2.06. The lowest BCUT2D eigenvalue weighted by atomic mass is 10.1. The molecule has 0 radical (unpaired) electrons. The molecular formula is C26H31Cl2N3O4. The van der Waals surface area contributed by atoms with E-state index in [0.29, 0.717) is 22.8 Å². The Morgan fingerprint density at radius 1 is 0.914 bits per heavy atom. The van der Waals surface area contributed by atoms with Crippen molar-refractivity contribution in [2.45, 2.75) is 58.3 Å². The van der Waals surface area contributed by atoms with Gasteiger partial charge in [-0.15, -0.1) is 0 Å².